The largest absolute Gasteiger partial charge is 0.508 e. The van der Waals surface area contributed by atoms with Crippen LogP contribution >= 0.6 is 0 Å². The van der Waals surface area contributed by atoms with Crippen LogP contribution in [0.4, 0.5) is 11.4 Å². The molecule has 3 aromatic carbocycles. The van der Waals surface area contributed by atoms with Crippen molar-refractivity contribution in [2.75, 3.05) is 10.2 Å². The van der Waals surface area contributed by atoms with E-state index >= 15 is 0 Å². The lowest BCUT2D eigenvalue weighted by atomic mass is 10.1. The van der Waals surface area contributed by atoms with Gasteiger partial charge in [-0.25, -0.2) is 0 Å². The van der Waals surface area contributed by atoms with E-state index in [0.717, 1.165) is 28.9 Å². The number of hydrogen-bond donors (Lipinski definition) is 3. The van der Waals surface area contributed by atoms with Crippen molar-refractivity contribution in [3.8, 4) is 17.6 Å². The Morgan fingerprint density at radius 1 is 0.828 bits per heavy atom. The second-order valence-corrected chi connectivity index (χ2v) is 6.55. The highest BCUT2D eigenvalue weighted by atomic mass is 16.3. The standard InChI is InChI=1S/C22H19N5O2/c23-15-1-2-16-3-5-17(6-4-16)22-24-26(18-7-11-20(28)12-8-18)27(25-22)19-9-13-21(29)14-10-19/h3-14,28-29H,1-2H2,(H,24,25). The zero-order valence-electron chi connectivity index (χ0n) is 15.5. The molecule has 29 heavy (non-hydrogen) atoms. The molecule has 1 heterocycles. The van der Waals surface area contributed by atoms with E-state index in [0.29, 0.717) is 12.3 Å². The van der Waals surface area contributed by atoms with E-state index in [4.69, 9.17) is 10.4 Å². The number of anilines is 2. The predicted molar refractivity (Wildman–Crippen MR) is 111 cm³/mol. The molecule has 0 saturated carbocycles. The van der Waals surface area contributed by atoms with Gasteiger partial charge in [0.1, 0.15) is 11.5 Å². The van der Waals surface area contributed by atoms with E-state index in [1.165, 1.54) is 0 Å². The second-order valence-electron chi connectivity index (χ2n) is 6.55. The molecule has 4 rings (SSSR count). The highest BCUT2D eigenvalue weighted by molar-refractivity contribution is 6.02. The molecule has 7 nitrogen and oxygen atoms in total. The molecule has 0 spiro atoms. The molecule has 1 aliphatic rings. The summed E-state index contributed by atoms with van der Waals surface area (Å²) in [6.45, 7) is 0. The van der Waals surface area contributed by atoms with Crippen LogP contribution in [0.3, 0.4) is 0 Å². The zero-order chi connectivity index (χ0) is 20.2. The number of hydrazine groups is 2. The van der Waals surface area contributed by atoms with Crippen LogP contribution in [0.15, 0.2) is 77.9 Å². The van der Waals surface area contributed by atoms with Gasteiger partial charge in [-0.05, 0) is 60.5 Å². The number of hydrazone groups is 1. The maximum absolute atomic E-state index is 9.60. The van der Waals surface area contributed by atoms with E-state index in [9.17, 15) is 10.2 Å². The highest BCUT2D eigenvalue weighted by Crippen LogP contribution is 2.28. The van der Waals surface area contributed by atoms with Gasteiger partial charge in [0.25, 0.3) is 0 Å². The molecule has 0 aliphatic carbocycles. The maximum Gasteiger partial charge on any atom is 0.176 e. The van der Waals surface area contributed by atoms with Crippen molar-refractivity contribution < 1.29 is 10.2 Å². The lowest BCUT2D eigenvalue weighted by Gasteiger charge is -2.27. The van der Waals surface area contributed by atoms with Gasteiger partial charge in [0.05, 0.1) is 17.4 Å². The Morgan fingerprint density at radius 2 is 1.41 bits per heavy atom. The number of nitriles is 1. The van der Waals surface area contributed by atoms with Crippen LogP contribution < -0.4 is 15.7 Å². The number of nitrogens with zero attached hydrogens (tertiary/aromatic N) is 4. The summed E-state index contributed by atoms with van der Waals surface area (Å²) in [6, 6.07) is 23.6. The highest BCUT2D eigenvalue weighted by Gasteiger charge is 2.26. The van der Waals surface area contributed by atoms with Crippen molar-refractivity contribution in [2.45, 2.75) is 12.8 Å². The quantitative estimate of drug-likeness (QED) is 0.620. The number of benzene rings is 3. The number of amidine groups is 1. The summed E-state index contributed by atoms with van der Waals surface area (Å²) in [7, 11) is 0. The summed E-state index contributed by atoms with van der Waals surface area (Å²) in [5.41, 5.74) is 6.81. The first kappa shape index (κ1) is 18.2. The summed E-state index contributed by atoms with van der Waals surface area (Å²) in [6.07, 6.45) is 1.21. The third-order valence-corrected chi connectivity index (χ3v) is 4.52. The van der Waals surface area contributed by atoms with Gasteiger partial charge in [0.2, 0.25) is 0 Å². The molecule has 0 radical (unpaired) electrons. The Balaban J connectivity index is 1.66. The van der Waals surface area contributed by atoms with Crippen LogP contribution in [0.5, 0.6) is 11.5 Å². The molecule has 0 fully saturated rings. The van der Waals surface area contributed by atoms with Crippen LogP contribution in [0.1, 0.15) is 17.5 Å². The van der Waals surface area contributed by atoms with Gasteiger partial charge in [-0.2, -0.15) is 15.5 Å². The molecule has 7 heteroatoms. The number of rotatable bonds is 5. The summed E-state index contributed by atoms with van der Waals surface area (Å²) >= 11 is 0. The lowest BCUT2D eigenvalue weighted by Crippen LogP contribution is -2.44. The molecule has 0 saturated heterocycles. The average molecular weight is 385 g/mol. The number of aryl methyl sites for hydroxylation is 1. The van der Waals surface area contributed by atoms with Gasteiger partial charge in [-0.3, -0.25) is 5.43 Å². The molecule has 0 bridgehead atoms. The minimum atomic E-state index is 0.175. The first-order chi connectivity index (χ1) is 14.1. The predicted octanol–water partition coefficient (Wildman–Crippen LogP) is 3.66. The van der Waals surface area contributed by atoms with Crippen molar-refractivity contribution in [1.82, 2.24) is 5.43 Å². The van der Waals surface area contributed by atoms with Crippen molar-refractivity contribution >= 4 is 17.2 Å². The van der Waals surface area contributed by atoms with Crippen LogP contribution in [0.2, 0.25) is 0 Å². The minimum Gasteiger partial charge on any atom is -0.508 e. The van der Waals surface area contributed by atoms with Crippen LogP contribution in [0.25, 0.3) is 0 Å². The van der Waals surface area contributed by atoms with E-state index in [1.807, 2.05) is 24.3 Å². The Kier molecular flexibility index (Phi) is 4.91. The third-order valence-electron chi connectivity index (χ3n) is 4.52. The van der Waals surface area contributed by atoms with Crippen molar-refractivity contribution in [3.05, 3.63) is 83.9 Å². The SMILES string of the molecule is N#CCCc1ccc(C2=NN(c3ccc(O)cc3)N(c3ccc(O)cc3)N2)cc1. The fraction of sp³-hybridized carbons (Fsp3) is 0.0909. The van der Waals surface area contributed by atoms with Gasteiger partial charge in [0, 0.05) is 12.0 Å². The third kappa shape index (κ3) is 3.92. The van der Waals surface area contributed by atoms with Gasteiger partial charge in [-0.1, -0.05) is 24.3 Å². The Labute approximate surface area is 168 Å². The van der Waals surface area contributed by atoms with E-state index in [2.05, 4.69) is 11.5 Å². The molecule has 1 aliphatic heterocycles. The van der Waals surface area contributed by atoms with Crippen molar-refractivity contribution in [1.29, 1.82) is 5.26 Å². The monoisotopic (exact) mass is 385 g/mol. The molecule has 0 amide bonds. The molecule has 0 atom stereocenters. The van der Waals surface area contributed by atoms with E-state index < -0.39 is 0 Å². The van der Waals surface area contributed by atoms with E-state index in [-0.39, 0.29) is 11.5 Å². The molecule has 0 unspecified atom stereocenters. The first-order valence-corrected chi connectivity index (χ1v) is 9.14. The van der Waals surface area contributed by atoms with Crippen molar-refractivity contribution in [2.24, 2.45) is 5.10 Å². The normalized spacial score (nSPS) is 13.0. The summed E-state index contributed by atoms with van der Waals surface area (Å²) in [5, 5.41) is 36.1. The number of aromatic hydroxyl groups is 2. The Morgan fingerprint density at radius 3 is 2.00 bits per heavy atom. The topological polar surface area (TPSA) is 95.1 Å². The minimum absolute atomic E-state index is 0.175. The lowest BCUT2D eigenvalue weighted by molar-refractivity contribution is 0.474. The Bertz CT molecular complexity index is 1050. The first-order valence-electron chi connectivity index (χ1n) is 9.14. The number of hydrogen-bond acceptors (Lipinski definition) is 7. The van der Waals surface area contributed by atoms with Gasteiger partial charge in [-0.15, -0.1) is 5.10 Å². The molecule has 144 valence electrons. The number of phenolic OH excluding ortho intramolecular Hbond substituents is 2. The number of nitrogens with one attached hydrogen (secondary N) is 1. The Hall–Kier alpha value is -4.18. The van der Waals surface area contributed by atoms with Gasteiger partial charge < -0.3 is 10.2 Å². The summed E-state index contributed by atoms with van der Waals surface area (Å²) in [4.78, 5) is 0. The number of phenols is 2. The molecule has 3 N–H and O–H groups in total. The molecular weight excluding hydrogens is 366 g/mol. The molecular formula is C22H19N5O2. The summed E-state index contributed by atoms with van der Waals surface area (Å²) < 4.78 is 0. The zero-order valence-corrected chi connectivity index (χ0v) is 15.5. The van der Waals surface area contributed by atoms with Crippen LogP contribution in [0, 0.1) is 11.3 Å². The van der Waals surface area contributed by atoms with Gasteiger partial charge in [0.15, 0.2) is 5.84 Å². The van der Waals surface area contributed by atoms with E-state index in [1.54, 1.807) is 58.8 Å². The smallest absolute Gasteiger partial charge is 0.176 e. The second kappa shape index (κ2) is 7.82. The van der Waals surface area contributed by atoms with Gasteiger partial charge >= 0.3 is 0 Å². The van der Waals surface area contributed by atoms with Crippen LogP contribution in [-0.2, 0) is 6.42 Å². The van der Waals surface area contributed by atoms with Crippen LogP contribution in [-0.4, -0.2) is 16.0 Å². The fourth-order valence-corrected chi connectivity index (χ4v) is 2.99. The maximum atomic E-state index is 9.60. The van der Waals surface area contributed by atoms with Crippen molar-refractivity contribution in [3.63, 3.8) is 0 Å². The average Bonchev–Trinajstić information content (AvgIpc) is 3.19. The molecule has 0 aromatic heterocycles. The summed E-state index contributed by atoms with van der Waals surface area (Å²) in [5.74, 6) is 1.01. The fourth-order valence-electron chi connectivity index (χ4n) is 2.99. The molecule has 3 aromatic rings.